The Bertz CT molecular complexity index is 857. The molecule has 2 aromatic heterocycles. The third-order valence-corrected chi connectivity index (χ3v) is 4.30. The lowest BCUT2D eigenvalue weighted by molar-refractivity contribution is -0.124. The molecule has 0 aliphatic carbocycles. The van der Waals surface area contributed by atoms with Crippen LogP contribution in [0.25, 0.3) is 11.0 Å². The van der Waals surface area contributed by atoms with E-state index in [1.165, 1.54) is 0 Å². The molecule has 1 aromatic carbocycles. The van der Waals surface area contributed by atoms with Crippen LogP contribution in [0, 0.1) is 0 Å². The Morgan fingerprint density at radius 1 is 1.33 bits per heavy atom. The molecule has 0 spiro atoms. The molecule has 7 nitrogen and oxygen atoms in total. The van der Waals surface area contributed by atoms with E-state index in [9.17, 15) is 9.59 Å². The smallest absolute Gasteiger partial charge is 0.338 e. The molecule has 3 aromatic rings. The van der Waals surface area contributed by atoms with Crippen LogP contribution in [0.1, 0.15) is 22.2 Å². The molecule has 124 valence electrons. The van der Waals surface area contributed by atoms with E-state index in [-0.39, 0.29) is 12.5 Å². The number of ether oxygens (including phenoxy) is 1. The van der Waals surface area contributed by atoms with Gasteiger partial charge in [-0.1, -0.05) is 11.3 Å². The number of aryl methyl sites for hydroxylation is 1. The monoisotopic (exact) mass is 344 g/mol. The SMILES string of the molecule is CCn1nnc2cc(C(=O)OCC(=O)NCc3cccs3)ccc21. The van der Waals surface area contributed by atoms with Gasteiger partial charge >= 0.3 is 5.97 Å². The number of amides is 1. The molecule has 24 heavy (non-hydrogen) atoms. The highest BCUT2D eigenvalue weighted by molar-refractivity contribution is 7.09. The van der Waals surface area contributed by atoms with Gasteiger partial charge in [0.05, 0.1) is 17.6 Å². The van der Waals surface area contributed by atoms with E-state index >= 15 is 0 Å². The van der Waals surface area contributed by atoms with Crippen molar-refractivity contribution in [2.24, 2.45) is 0 Å². The number of aromatic nitrogens is 3. The third-order valence-electron chi connectivity index (χ3n) is 3.42. The molecule has 0 aliphatic rings. The van der Waals surface area contributed by atoms with E-state index in [1.54, 1.807) is 34.2 Å². The first-order valence-electron chi connectivity index (χ1n) is 7.47. The van der Waals surface area contributed by atoms with Gasteiger partial charge in [-0.05, 0) is 36.6 Å². The van der Waals surface area contributed by atoms with Gasteiger partial charge in [0.1, 0.15) is 5.52 Å². The van der Waals surface area contributed by atoms with Crippen LogP contribution in [0.3, 0.4) is 0 Å². The number of hydrogen-bond acceptors (Lipinski definition) is 6. The predicted molar refractivity (Wildman–Crippen MR) is 89.7 cm³/mol. The molecule has 0 bridgehead atoms. The average Bonchev–Trinajstić information content (AvgIpc) is 3.26. The van der Waals surface area contributed by atoms with Crippen molar-refractivity contribution in [1.82, 2.24) is 20.3 Å². The van der Waals surface area contributed by atoms with E-state index in [1.807, 2.05) is 24.4 Å². The van der Waals surface area contributed by atoms with E-state index < -0.39 is 5.97 Å². The molecule has 0 saturated heterocycles. The Morgan fingerprint density at radius 3 is 2.96 bits per heavy atom. The minimum atomic E-state index is -0.561. The summed E-state index contributed by atoms with van der Waals surface area (Å²) < 4.78 is 6.78. The minimum Gasteiger partial charge on any atom is -0.452 e. The van der Waals surface area contributed by atoms with Crippen LogP contribution in [0.15, 0.2) is 35.7 Å². The van der Waals surface area contributed by atoms with Gasteiger partial charge in [-0.3, -0.25) is 4.79 Å². The topological polar surface area (TPSA) is 86.1 Å². The number of rotatable bonds is 6. The Balaban J connectivity index is 1.55. The zero-order chi connectivity index (χ0) is 16.9. The van der Waals surface area contributed by atoms with Gasteiger partial charge in [-0.2, -0.15) is 0 Å². The normalized spacial score (nSPS) is 10.7. The summed E-state index contributed by atoms with van der Waals surface area (Å²) in [5, 5.41) is 12.6. The number of carbonyl (C=O) groups is 2. The molecular formula is C16H16N4O3S. The van der Waals surface area contributed by atoms with Gasteiger partial charge in [0, 0.05) is 11.4 Å². The van der Waals surface area contributed by atoms with E-state index in [2.05, 4.69) is 15.6 Å². The van der Waals surface area contributed by atoms with Gasteiger partial charge < -0.3 is 10.1 Å². The molecule has 0 atom stereocenters. The van der Waals surface area contributed by atoms with Crippen molar-refractivity contribution in [2.75, 3.05) is 6.61 Å². The average molecular weight is 344 g/mol. The Hall–Kier alpha value is -2.74. The quantitative estimate of drug-likeness (QED) is 0.691. The summed E-state index contributed by atoms with van der Waals surface area (Å²) in [5.74, 6) is -0.899. The Labute approximate surface area is 142 Å². The number of benzene rings is 1. The first kappa shape index (κ1) is 16.1. The van der Waals surface area contributed by atoms with E-state index in [0.29, 0.717) is 24.2 Å². The maximum atomic E-state index is 12.0. The zero-order valence-corrected chi connectivity index (χ0v) is 13.9. The minimum absolute atomic E-state index is 0.316. The number of fused-ring (bicyclic) bond motifs is 1. The fourth-order valence-electron chi connectivity index (χ4n) is 2.20. The van der Waals surface area contributed by atoms with Crippen LogP contribution in [-0.2, 0) is 22.6 Å². The predicted octanol–water partition coefficient (Wildman–Crippen LogP) is 1.99. The van der Waals surface area contributed by atoms with Crippen molar-refractivity contribution in [3.8, 4) is 0 Å². The van der Waals surface area contributed by atoms with Crippen LogP contribution in [0.4, 0.5) is 0 Å². The molecule has 1 N–H and O–H groups in total. The Morgan fingerprint density at radius 2 is 2.21 bits per heavy atom. The van der Waals surface area contributed by atoms with Crippen molar-refractivity contribution in [3.05, 3.63) is 46.2 Å². The van der Waals surface area contributed by atoms with Gasteiger partial charge in [-0.15, -0.1) is 16.4 Å². The number of hydrogen-bond donors (Lipinski definition) is 1. The first-order chi connectivity index (χ1) is 11.7. The second-order valence-corrected chi connectivity index (χ2v) is 6.07. The van der Waals surface area contributed by atoms with E-state index in [4.69, 9.17) is 4.74 Å². The van der Waals surface area contributed by atoms with Crippen LogP contribution in [-0.4, -0.2) is 33.5 Å². The van der Waals surface area contributed by atoms with Gasteiger partial charge in [0.25, 0.3) is 5.91 Å². The number of nitrogens with zero attached hydrogens (tertiary/aromatic N) is 3. The standard InChI is InChI=1S/C16H16N4O3S/c1-2-20-14-6-5-11(8-13(14)18-19-20)16(22)23-10-15(21)17-9-12-4-3-7-24-12/h3-8H,2,9-10H2,1H3,(H,17,21). The Kier molecular flexibility index (Phi) is 4.85. The molecule has 8 heteroatoms. The molecule has 1 amide bonds. The largest absolute Gasteiger partial charge is 0.452 e. The van der Waals surface area contributed by atoms with Crippen molar-refractivity contribution < 1.29 is 14.3 Å². The number of esters is 1. The molecule has 0 unspecified atom stereocenters. The lowest BCUT2D eigenvalue weighted by Gasteiger charge is -2.06. The van der Waals surface area contributed by atoms with Crippen LogP contribution in [0.2, 0.25) is 0 Å². The summed E-state index contributed by atoms with van der Waals surface area (Å²) in [4.78, 5) is 24.8. The molecular weight excluding hydrogens is 328 g/mol. The lowest BCUT2D eigenvalue weighted by Crippen LogP contribution is -2.28. The van der Waals surface area contributed by atoms with Crippen LogP contribution >= 0.6 is 11.3 Å². The maximum absolute atomic E-state index is 12.0. The summed E-state index contributed by atoms with van der Waals surface area (Å²) in [6.07, 6.45) is 0. The summed E-state index contributed by atoms with van der Waals surface area (Å²) >= 11 is 1.55. The summed E-state index contributed by atoms with van der Waals surface area (Å²) in [6.45, 7) is 2.78. The zero-order valence-electron chi connectivity index (χ0n) is 13.1. The number of carbonyl (C=O) groups excluding carboxylic acids is 2. The van der Waals surface area contributed by atoms with Gasteiger partial charge in [0.2, 0.25) is 0 Å². The second-order valence-electron chi connectivity index (χ2n) is 5.04. The molecule has 0 saturated carbocycles. The molecule has 0 radical (unpaired) electrons. The van der Waals surface area contributed by atoms with Crippen molar-refractivity contribution in [2.45, 2.75) is 20.0 Å². The lowest BCUT2D eigenvalue weighted by atomic mass is 10.2. The molecule has 0 aliphatic heterocycles. The number of thiophene rings is 1. The van der Waals surface area contributed by atoms with Gasteiger partial charge in [0.15, 0.2) is 6.61 Å². The molecule has 0 fully saturated rings. The van der Waals surface area contributed by atoms with Crippen molar-refractivity contribution in [1.29, 1.82) is 0 Å². The second kappa shape index (κ2) is 7.22. The highest BCUT2D eigenvalue weighted by Crippen LogP contribution is 2.14. The highest BCUT2D eigenvalue weighted by atomic mass is 32.1. The van der Waals surface area contributed by atoms with Crippen molar-refractivity contribution >= 4 is 34.2 Å². The van der Waals surface area contributed by atoms with Crippen LogP contribution < -0.4 is 5.32 Å². The summed E-state index contributed by atoms with van der Waals surface area (Å²) in [6, 6.07) is 8.86. The van der Waals surface area contributed by atoms with Crippen LogP contribution in [0.5, 0.6) is 0 Å². The molecule has 3 rings (SSSR count). The van der Waals surface area contributed by atoms with E-state index in [0.717, 1.165) is 10.4 Å². The van der Waals surface area contributed by atoms with Gasteiger partial charge in [-0.25, -0.2) is 9.48 Å². The maximum Gasteiger partial charge on any atom is 0.338 e. The third kappa shape index (κ3) is 3.60. The highest BCUT2D eigenvalue weighted by Gasteiger charge is 2.13. The van der Waals surface area contributed by atoms with Crippen molar-refractivity contribution in [3.63, 3.8) is 0 Å². The summed E-state index contributed by atoms with van der Waals surface area (Å²) in [7, 11) is 0. The number of nitrogens with one attached hydrogen (secondary N) is 1. The first-order valence-corrected chi connectivity index (χ1v) is 8.35. The summed E-state index contributed by atoms with van der Waals surface area (Å²) in [5.41, 5.74) is 1.81. The molecule has 2 heterocycles. The fraction of sp³-hybridized carbons (Fsp3) is 0.250. The fourth-order valence-corrected chi connectivity index (χ4v) is 2.84.